The quantitative estimate of drug-likeness (QED) is 0.579. The van der Waals surface area contributed by atoms with Gasteiger partial charge < -0.3 is 5.73 Å². The summed E-state index contributed by atoms with van der Waals surface area (Å²) in [5, 5.41) is 4.02. The lowest BCUT2D eigenvalue weighted by Crippen LogP contribution is -2.28. The molecule has 19 heavy (non-hydrogen) atoms. The van der Waals surface area contributed by atoms with Crippen molar-refractivity contribution in [2.24, 2.45) is 0 Å². The van der Waals surface area contributed by atoms with E-state index in [4.69, 9.17) is 5.73 Å². The summed E-state index contributed by atoms with van der Waals surface area (Å²) in [7, 11) is -2.01. The minimum absolute atomic E-state index is 0.0593. The monoisotopic (exact) mass is 286 g/mol. The van der Waals surface area contributed by atoms with Gasteiger partial charge >= 0.3 is 0 Å². The molecule has 0 aliphatic carbocycles. The Morgan fingerprint density at radius 1 is 1.58 bits per heavy atom. The molecule has 1 heterocycles. The third-order valence-corrected chi connectivity index (χ3v) is 4.65. The minimum atomic E-state index is -3.56. The van der Waals surface area contributed by atoms with Gasteiger partial charge in [-0.2, -0.15) is 5.10 Å². The molecule has 0 atom stereocenters. The smallest absolute Gasteiger partial charge is 0.248 e. The van der Waals surface area contributed by atoms with Crippen LogP contribution in [-0.4, -0.2) is 36.1 Å². The Labute approximate surface area is 114 Å². The molecule has 0 bridgehead atoms. The summed E-state index contributed by atoms with van der Waals surface area (Å²) in [6, 6.07) is 0. The summed E-state index contributed by atoms with van der Waals surface area (Å²) in [4.78, 5) is 0.0852. The standard InChI is InChI=1S/C12H22N4O2S/c1-4-6-7-9-15(3)19(17,18)11-10-16(8-5-2)14-12(11)13/h4,10H,1,5-9H2,2-3H3,(H2,13,14). The molecule has 0 aliphatic heterocycles. The molecule has 1 aromatic heterocycles. The summed E-state index contributed by atoms with van der Waals surface area (Å²) in [5.74, 6) is 0.0593. The number of aromatic nitrogens is 2. The molecular weight excluding hydrogens is 264 g/mol. The number of hydrogen-bond donors (Lipinski definition) is 1. The van der Waals surface area contributed by atoms with E-state index in [0.717, 1.165) is 19.3 Å². The average Bonchev–Trinajstić information content (AvgIpc) is 2.71. The van der Waals surface area contributed by atoms with Gasteiger partial charge in [0, 0.05) is 26.3 Å². The first kappa shape index (κ1) is 15.7. The number of nitrogens with two attached hydrogens (primary N) is 1. The van der Waals surface area contributed by atoms with Crippen LogP contribution in [0.25, 0.3) is 0 Å². The van der Waals surface area contributed by atoms with Gasteiger partial charge in [0.15, 0.2) is 5.82 Å². The molecule has 0 unspecified atom stereocenters. The molecule has 7 heteroatoms. The van der Waals surface area contributed by atoms with Gasteiger partial charge in [-0.3, -0.25) is 4.68 Å². The Balaban J connectivity index is 2.89. The van der Waals surface area contributed by atoms with Crippen molar-refractivity contribution in [3.8, 4) is 0 Å². The van der Waals surface area contributed by atoms with Gasteiger partial charge in [-0.05, 0) is 19.3 Å². The van der Waals surface area contributed by atoms with Crippen LogP contribution in [0.2, 0.25) is 0 Å². The fraction of sp³-hybridized carbons (Fsp3) is 0.583. The van der Waals surface area contributed by atoms with Gasteiger partial charge in [-0.1, -0.05) is 13.0 Å². The van der Waals surface area contributed by atoms with E-state index >= 15 is 0 Å². The molecule has 2 N–H and O–H groups in total. The maximum Gasteiger partial charge on any atom is 0.248 e. The second kappa shape index (κ2) is 6.72. The first-order chi connectivity index (χ1) is 8.93. The van der Waals surface area contributed by atoms with Crippen molar-refractivity contribution in [3.05, 3.63) is 18.9 Å². The summed E-state index contributed by atoms with van der Waals surface area (Å²) < 4.78 is 27.5. The lowest BCUT2D eigenvalue weighted by atomic mass is 10.3. The zero-order chi connectivity index (χ0) is 14.5. The Kier molecular flexibility index (Phi) is 5.56. The summed E-state index contributed by atoms with van der Waals surface area (Å²) in [6.45, 7) is 6.70. The molecule has 0 saturated carbocycles. The van der Waals surface area contributed by atoms with Crippen LogP contribution in [0.3, 0.4) is 0 Å². The van der Waals surface area contributed by atoms with E-state index in [1.807, 2.05) is 6.92 Å². The number of nitrogen functional groups attached to an aromatic ring is 1. The molecule has 0 fully saturated rings. The summed E-state index contributed by atoms with van der Waals surface area (Å²) >= 11 is 0. The second-order valence-corrected chi connectivity index (χ2v) is 6.41. The highest BCUT2D eigenvalue weighted by Gasteiger charge is 2.25. The van der Waals surface area contributed by atoms with E-state index in [0.29, 0.717) is 13.1 Å². The number of allylic oxidation sites excluding steroid dienone is 1. The van der Waals surface area contributed by atoms with Gasteiger partial charge in [-0.25, -0.2) is 12.7 Å². The van der Waals surface area contributed by atoms with E-state index in [1.54, 1.807) is 17.8 Å². The van der Waals surface area contributed by atoms with Crippen molar-refractivity contribution in [1.29, 1.82) is 0 Å². The Morgan fingerprint density at radius 3 is 2.84 bits per heavy atom. The normalized spacial score (nSPS) is 11.9. The van der Waals surface area contributed by atoms with Crippen LogP contribution >= 0.6 is 0 Å². The lowest BCUT2D eigenvalue weighted by molar-refractivity contribution is 0.463. The van der Waals surface area contributed by atoms with Crippen LogP contribution in [0.1, 0.15) is 26.2 Å². The number of aryl methyl sites for hydroxylation is 1. The third kappa shape index (κ3) is 3.81. The lowest BCUT2D eigenvalue weighted by Gasteiger charge is -2.15. The molecule has 6 nitrogen and oxygen atoms in total. The average molecular weight is 286 g/mol. The van der Waals surface area contributed by atoms with Crippen molar-refractivity contribution in [2.75, 3.05) is 19.3 Å². The first-order valence-corrected chi connectivity index (χ1v) is 7.77. The molecular formula is C12H22N4O2S. The van der Waals surface area contributed by atoms with Crippen molar-refractivity contribution >= 4 is 15.8 Å². The van der Waals surface area contributed by atoms with Crippen molar-refractivity contribution in [1.82, 2.24) is 14.1 Å². The maximum atomic E-state index is 12.3. The number of anilines is 1. The predicted molar refractivity (Wildman–Crippen MR) is 76.2 cm³/mol. The van der Waals surface area contributed by atoms with Crippen LogP contribution < -0.4 is 5.73 Å². The van der Waals surface area contributed by atoms with Gasteiger partial charge in [0.1, 0.15) is 4.90 Å². The van der Waals surface area contributed by atoms with E-state index in [-0.39, 0.29) is 10.7 Å². The predicted octanol–water partition coefficient (Wildman–Crippen LogP) is 1.46. The number of nitrogens with zero attached hydrogens (tertiary/aromatic N) is 3. The molecule has 0 radical (unpaired) electrons. The molecule has 0 aliphatic rings. The number of sulfonamides is 1. The van der Waals surface area contributed by atoms with Crippen LogP contribution in [0.15, 0.2) is 23.7 Å². The number of unbranched alkanes of at least 4 members (excludes halogenated alkanes) is 1. The van der Waals surface area contributed by atoms with Gasteiger partial charge in [0.2, 0.25) is 10.0 Å². The fourth-order valence-electron chi connectivity index (χ4n) is 1.71. The molecule has 0 spiro atoms. The second-order valence-electron chi connectivity index (χ2n) is 4.40. The van der Waals surface area contributed by atoms with Crippen molar-refractivity contribution in [2.45, 2.75) is 37.6 Å². The molecule has 0 saturated heterocycles. The van der Waals surface area contributed by atoms with Gasteiger partial charge in [0.05, 0.1) is 0 Å². The highest BCUT2D eigenvalue weighted by atomic mass is 32.2. The van der Waals surface area contributed by atoms with Crippen LogP contribution in [0, 0.1) is 0 Å². The van der Waals surface area contributed by atoms with E-state index in [2.05, 4.69) is 11.7 Å². The Hall–Kier alpha value is -1.34. The Morgan fingerprint density at radius 2 is 2.26 bits per heavy atom. The molecule has 0 aromatic carbocycles. The minimum Gasteiger partial charge on any atom is -0.381 e. The maximum absolute atomic E-state index is 12.3. The van der Waals surface area contributed by atoms with E-state index in [1.165, 1.54) is 10.5 Å². The zero-order valence-corrected chi connectivity index (χ0v) is 12.4. The summed E-state index contributed by atoms with van der Waals surface area (Å²) in [6.07, 6.45) is 5.66. The zero-order valence-electron chi connectivity index (χ0n) is 11.5. The van der Waals surface area contributed by atoms with Crippen LogP contribution in [0.4, 0.5) is 5.82 Å². The number of rotatable bonds is 8. The highest BCUT2D eigenvalue weighted by Crippen LogP contribution is 2.20. The van der Waals surface area contributed by atoms with Gasteiger partial charge in [-0.15, -0.1) is 6.58 Å². The first-order valence-electron chi connectivity index (χ1n) is 6.33. The SMILES string of the molecule is C=CCCCN(C)S(=O)(=O)c1cn(CCC)nc1N. The molecule has 0 amide bonds. The molecule has 1 aromatic rings. The van der Waals surface area contributed by atoms with Crippen molar-refractivity contribution in [3.63, 3.8) is 0 Å². The largest absolute Gasteiger partial charge is 0.381 e. The van der Waals surface area contributed by atoms with Gasteiger partial charge in [0.25, 0.3) is 0 Å². The number of hydrogen-bond acceptors (Lipinski definition) is 4. The highest BCUT2D eigenvalue weighted by molar-refractivity contribution is 7.89. The van der Waals surface area contributed by atoms with E-state index in [9.17, 15) is 8.42 Å². The molecule has 1 rings (SSSR count). The van der Waals surface area contributed by atoms with E-state index < -0.39 is 10.0 Å². The topological polar surface area (TPSA) is 81.2 Å². The summed E-state index contributed by atoms with van der Waals surface area (Å²) in [5.41, 5.74) is 5.70. The third-order valence-electron chi connectivity index (χ3n) is 2.78. The van der Waals surface area contributed by atoms with Crippen molar-refractivity contribution < 1.29 is 8.42 Å². The Bertz CT molecular complexity index is 522. The fourth-order valence-corrected chi connectivity index (χ4v) is 2.97. The van der Waals surface area contributed by atoms with Crippen LogP contribution in [-0.2, 0) is 16.6 Å². The molecule has 108 valence electrons. The van der Waals surface area contributed by atoms with Crippen LogP contribution in [0.5, 0.6) is 0 Å².